The zero-order valence-electron chi connectivity index (χ0n) is 16.4. The molecule has 0 fully saturated rings. The van der Waals surface area contributed by atoms with E-state index in [2.05, 4.69) is 61.5 Å². The van der Waals surface area contributed by atoms with Crippen LogP contribution in [0.3, 0.4) is 0 Å². The van der Waals surface area contributed by atoms with Gasteiger partial charge in [0.15, 0.2) is 0 Å². The standard InChI is InChI=1S/C22H25N3O2/c1-14-9-20-19(15(2)12-22(3,4)25(20)5)11-17(14)13-23-24-21(27)16-7-6-8-18(26)10-16/h6-13,26H,1-5H3,(H,24,27)/b23-13+. The molecule has 1 heterocycles. The van der Waals surface area contributed by atoms with E-state index in [1.54, 1.807) is 18.3 Å². The lowest BCUT2D eigenvalue weighted by Crippen LogP contribution is -2.42. The number of allylic oxidation sites excluding steroid dienone is 1. The molecular formula is C22H25N3O2. The first-order valence-electron chi connectivity index (χ1n) is 8.90. The average Bonchev–Trinajstić information content (AvgIpc) is 2.60. The molecule has 3 rings (SSSR count). The number of aryl methyl sites for hydroxylation is 1. The van der Waals surface area contributed by atoms with E-state index in [4.69, 9.17) is 0 Å². The molecule has 2 N–H and O–H groups in total. The predicted molar refractivity (Wildman–Crippen MR) is 110 cm³/mol. The third-order valence-corrected chi connectivity index (χ3v) is 5.08. The summed E-state index contributed by atoms with van der Waals surface area (Å²) in [7, 11) is 2.10. The molecule has 0 radical (unpaired) electrons. The SMILES string of the molecule is CC1=CC(C)(C)N(C)c2cc(C)c(/C=N/NC(=O)c3cccc(O)c3)cc21. The van der Waals surface area contributed by atoms with Crippen molar-refractivity contribution in [2.75, 3.05) is 11.9 Å². The molecule has 1 amide bonds. The summed E-state index contributed by atoms with van der Waals surface area (Å²) < 4.78 is 0. The van der Waals surface area contributed by atoms with E-state index in [0.29, 0.717) is 5.56 Å². The summed E-state index contributed by atoms with van der Waals surface area (Å²) in [6, 6.07) is 10.4. The van der Waals surface area contributed by atoms with Gasteiger partial charge in [-0.1, -0.05) is 12.1 Å². The van der Waals surface area contributed by atoms with Crippen molar-refractivity contribution in [2.24, 2.45) is 5.10 Å². The van der Waals surface area contributed by atoms with Crippen LogP contribution in [0.5, 0.6) is 5.75 Å². The van der Waals surface area contributed by atoms with Crippen molar-refractivity contribution in [2.45, 2.75) is 33.2 Å². The molecule has 2 aromatic rings. The molecule has 1 aliphatic heterocycles. The first-order valence-corrected chi connectivity index (χ1v) is 8.90. The third-order valence-electron chi connectivity index (χ3n) is 5.08. The fraction of sp³-hybridized carbons (Fsp3) is 0.273. The van der Waals surface area contributed by atoms with Crippen molar-refractivity contribution in [3.05, 3.63) is 64.7 Å². The van der Waals surface area contributed by atoms with Crippen molar-refractivity contribution < 1.29 is 9.90 Å². The second-order valence-corrected chi connectivity index (χ2v) is 7.52. The van der Waals surface area contributed by atoms with Crippen LogP contribution in [0.25, 0.3) is 5.57 Å². The normalized spacial score (nSPS) is 15.4. The zero-order chi connectivity index (χ0) is 19.8. The van der Waals surface area contributed by atoms with E-state index in [0.717, 1.165) is 11.1 Å². The third kappa shape index (κ3) is 3.72. The van der Waals surface area contributed by atoms with E-state index in [1.165, 1.54) is 29.0 Å². The lowest BCUT2D eigenvalue weighted by atomic mass is 9.87. The molecule has 0 saturated heterocycles. The van der Waals surface area contributed by atoms with Crippen LogP contribution >= 0.6 is 0 Å². The van der Waals surface area contributed by atoms with Crippen molar-refractivity contribution in [1.82, 2.24) is 5.43 Å². The quantitative estimate of drug-likeness (QED) is 0.637. The first kappa shape index (κ1) is 18.7. The molecule has 2 aromatic carbocycles. The van der Waals surface area contributed by atoms with Gasteiger partial charge in [0.1, 0.15) is 5.75 Å². The highest BCUT2D eigenvalue weighted by atomic mass is 16.3. The number of nitrogens with zero attached hydrogens (tertiary/aromatic N) is 2. The highest BCUT2D eigenvalue weighted by Gasteiger charge is 2.28. The Balaban J connectivity index is 1.83. The van der Waals surface area contributed by atoms with Gasteiger partial charge >= 0.3 is 0 Å². The van der Waals surface area contributed by atoms with Gasteiger partial charge in [0.25, 0.3) is 5.91 Å². The average molecular weight is 363 g/mol. The highest BCUT2D eigenvalue weighted by Crippen LogP contribution is 2.38. The number of likely N-dealkylation sites (N-methyl/N-ethyl adjacent to an activating group) is 1. The van der Waals surface area contributed by atoms with Gasteiger partial charge in [-0.15, -0.1) is 0 Å². The number of anilines is 1. The van der Waals surface area contributed by atoms with Crippen molar-refractivity contribution in [3.63, 3.8) is 0 Å². The molecule has 0 aromatic heterocycles. The summed E-state index contributed by atoms with van der Waals surface area (Å²) in [6.07, 6.45) is 3.92. The van der Waals surface area contributed by atoms with Crippen LogP contribution in [0.15, 0.2) is 47.6 Å². The van der Waals surface area contributed by atoms with Crippen LogP contribution in [0.4, 0.5) is 5.69 Å². The summed E-state index contributed by atoms with van der Waals surface area (Å²) in [5.41, 5.74) is 8.46. The maximum Gasteiger partial charge on any atom is 0.271 e. The van der Waals surface area contributed by atoms with Gasteiger partial charge in [0.05, 0.1) is 11.8 Å². The van der Waals surface area contributed by atoms with Gasteiger partial charge in [-0.25, -0.2) is 5.43 Å². The van der Waals surface area contributed by atoms with Crippen LogP contribution in [-0.4, -0.2) is 29.8 Å². The molecule has 5 nitrogen and oxygen atoms in total. The Morgan fingerprint density at radius 1 is 1.22 bits per heavy atom. The van der Waals surface area contributed by atoms with E-state index in [1.807, 2.05) is 6.92 Å². The number of nitrogens with one attached hydrogen (secondary N) is 1. The number of hydrogen-bond donors (Lipinski definition) is 2. The fourth-order valence-electron chi connectivity index (χ4n) is 3.33. The number of amides is 1. The van der Waals surface area contributed by atoms with Gasteiger partial charge in [-0.3, -0.25) is 4.79 Å². The number of phenols is 1. The molecule has 27 heavy (non-hydrogen) atoms. The second kappa shape index (κ2) is 6.91. The number of carbonyl (C=O) groups is 1. The zero-order valence-corrected chi connectivity index (χ0v) is 16.4. The Morgan fingerprint density at radius 2 is 1.96 bits per heavy atom. The Bertz CT molecular complexity index is 958. The fourth-order valence-corrected chi connectivity index (χ4v) is 3.33. The molecular weight excluding hydrogens is 338 g/mol. The molecule has 140 valence electrons. The van der Waals surface area contributed by atoms with Crippen LogP contribution in [-0.2, 0) is 0 Å². The number of aromatic hydroxyl groups is 1. The van der Waals surface area contributed by atoms with Gasteiger partial charge in [-0.05, 0) is 74.7 Å². The molecule has 0 spiro atoms. The molecule has 1 aliphatic rings. The number of hydrogen-bond acceptors (Lipinski definition) is 4. The molecule has 5 heteroatoms. The molecule has 0 unspecified atom stereocenters. The number of fused-ring (bicyclic) bond motifs is 1. The summed E-state index contributed by atoms with van der Waals surface area (Å²) >= 11 is 0. The Morgan fingerprint density at radius 3 is 2.67 bits per heavy atom. The minimum absolute atomic E-state index is 0.0334. The van der Waals surface area contributed by atoms with Crippen molar-refractivity contribution in [3.8, 4) is 5.75 Å². The lowest BCUT2D eigenvalue weighted by Gasteiger charge is -2.41. The first-order chi connectivity index (χ1) is 12.7. The Kier molecular flexibility index (Phi) is 4.79. The number of rotatable bonds is 3. The topological polar surface area (TPSA) is 64.9 Å². The number of phenolic OH excluding ortho intramolecular Hbond substituents is 1. The van der Waals surface area contributed by atoms with Gasteiger partial charge < -0.3 is 10.0 Å². The number of benzene rings is 2. The molecule has 0 saturated carbocycles. The van der Waals surface area contributed by atoms with Crippen LogP contribution < -0.4 is 10.3 Å². The van der Waals surface area contributed by atoms with Crippen LogP contribution in [0.1, 0.15) is 47.8 Å². The summed E-state index contributed by atoms with van der Waals surface area (Å²) in [6.45, 7) is 8.54. The van der Waals surface area contributed by atoms with E-state index in [9.17, 15) is 9.90 Å². The second-order valence-electron chi connectivity index (χ2n) is 7.52. The number of hydrazone groups is 1. The lowest BCUT2D eigenvalue weighted by molar-refractivity contribution is 0.0954. The smallest absolute Gasteiger partial charge is 0.271 e. The molecule has 0 atom stereocenters. The van der Waals surface area contributed by atoms with E-state index >= 15 is 0 Å². The molecule has 0 aliphatic carbocycles. The maximum absolute atomic E-state index is 12.1. The molecule has 0 bridgehead atoms. The number of carbonyl (C=O) groups excluding carboxylic acids is 1. The van der Waals surface area contributed by atoms with Gasteiger partial charge in [0.2, 0.25) is 0 Å². The van der Waals surface area contributed by atoms with E-state index < -0.39 is 0 Å². The monoisotopic (exact) mass is 363 g/mol. The minimum atomic E-state index is -0.365. The predicted octanol–water partition coefficient (Wildman–Crippen LogP) is 4.10. The minimum Gasteiger partial charge on any atom is -0.508 e. The largest absolute Gasteiger partial charge is 0.508 e. The summed E-state index contributed by atoms with van der Waals surface area (Å²) in [5, 5.41) is 13.6. The van der Waals surface area contributed by atoms with Crippen LogP contribution in [0, 0.1) is 6.92 Å². The summed E-state index contributed by atoms with van der Waals surface area (Å²) in [5.74, 6) is -0.318. The Labute approximate surface area is 160 Å². The van der Waals surface area contributed by atoms with Gasteiger partial charge in [-0.2, -0.15) is 5.10 Å². The maximum atomic E-state index is 12.1. The highest BCUT2D eigenvalue weighted by molar-refractivity contribution is 5.95. The van der Waals surface area contributed by atoms with Gasteiger partial charge in [0, 0.05) is 23.9 Å². The van der Waals surface area contributed by atoms with E-state index in [-0.39, 0.29) is 17.2 Å². The van der Waals surface area contributed by atoms with Crippen LogP contribution in [0.2, 0.25) is 0 Å². The van der Waals surface area contributed by atoms with Crippen molar-refractivity contribution >= 4 is 23.4 Å². The van der Waals surface area contributed by atoms with Crippen molar-refractivity contribution in [1.29, 1.82) is 0 Å². The summed E-state index contributed by atoms with van der Waals surface area (Å²) in [4.78, 5) is 14.4. The Hall–Kier alpha value is -3.08.